The van der Waals surface area contributed by atoms with E-state index in [-0.39, 0.29) is 4.83 Å². The SMILES string of the molecule is Fc1ccc(C(Br)C2CCCCCCC2)cc1F. The van der Waals surface area contributed by atoms with Gasteiger partial charge in [0.2, 0.25) is 0 Å². The van der Waals surface area contributed by atoms with E-state index in [1.807, 2.05) is 0 Å². The zero-order valence-electron chi connectivity index (χ0n) is 10.5. The van der Waals surface area contributed by atoms with Crippen molar-refractivity contribution in [3.05, 3.63) is 35.4 Å². The highest BCUT2D eigenvalue weighted by Crippen LogP contribution is 2.39. The van der Waals surface area contributed by atoms with Crippen molar-refractivity contribution in [3.8, 4) is 0 Å². The minimum Gasteiger partial charge on any atom is -0.204 e. The van der Waals surface area contributed by atoms with Crippen molar-refractivity contribution in [1.82, 2.24) is 0 Å². The second kappa shape index (κ2) is 6.65. The van der Waals surface area contributed by atoms with E-state index in [0.717, 1.165) is 5.56 Å². The van der Waals surface area contributed by atoms with E-state index < -0.39 is 11.6 Å². The molecule has 0 N–H and O–H groups in total. The first-order chi connectivity index (χ1) is 8.68. The lowest BCUT2D eigenvalue weighted by atomic mass is 9.86. The number of rotatable bonds is 2. The van der Waals surface area contributed by atoms with Crippen molar-refractivity contribution in [3.63, 3.8) is 0 Å². The Labute approximate surface area is 116 Å². The average molecular weight is 317 g/mol. The number of hydrogen-bond donors (Lipinski definition) is 0. The molecule has 2 rings (SSSR count). The van der Waals surface area contributed by atoms with E-state index in [1.165, 1.54) is 57.1 Å². The van der Waals surface area contributed by atoms with Crippen molar-refractivity contribution in [2.45, 2.75) is 49.8 Å². The summed E-state index contributed by atoms with van der Waals surface area (Å²) in [6.45, 7) is 0. The maximum Gasteiger partial charge on any atom is 0.159 e. The number of benzene rings is 1. The second-order valence-electron chi connectivity index (χ2n) is 5.18. The summed E-state index contributed by atoms with van der Waals surface area (Å²) in [6.07, 6.45) is 8.78. The summed E-state index contributed by atoms with van der Waals surface area (Å²) in [5.74, 6) is -0.978. The van der Waals surface area contributed by atoms with E-state index >= 15 is 0 Å². The molecule has 1 aromatic carbocycles. The van der Waals surface area contributed by atoms with Crippen LogP contribution in [0.2, 0.25) is 0 Å². The van der Waals surface area contributed by atoms with Crippen LogP contribution in [-0.4, -0.2) is 0 Å². The molecule has 0 aromatic heterocycles. The largest absolute Gasteiger partial charge is 0.204 e. The van der Waals surface area contributed by atoms with Crippen LogP contribution >= 0.6 is 15.9 Å². The summed E-state index contributed by atoms with van der Waals surface area (Å²) in [7, 11) is 0. The molecule has 1 atom stereocenters. The van der Waals surface area contributed by atoms with Gasteiger partial charge in [0.1, 0.15) is 0 Å². The van der Waals surface area contributed by atoms with Gasteiger partial charge < -0.3 is 0 Å². The summed E-state index contributed by atoms with van der Waals surface area (Å²) >= 11 is 3.68. The Kier molecular flexibility index (Phi) is 5.16. The Bertz CT molecular complexity index is 384. The molecule has 1 aliphatic carbocycles. The first-order valence-electron chi connectivity index (χ1n) is 6.77. The molecule has 1 fully saturated rings. The molecule has 0 aliphatic heterocycles. The van der Waals surface area contributed by atoms with Crippen LogP contribution in [0.1, 0.15) is 55.3 Å². The zero-order chi connectivity index (χ0) is 13.0. The van der Waals surface area contributed by atoms with Gasteiger partial charge >= 0.3 is 0 Å². The van der Waals surface area contributed by atoms with Gasteiger partial charge in [-0.15, -0.1) is 0 Å². The molecular weight excluding hydrogens is 298 g/mol. The molecule has 1 aromatic rings. The predicted octanol–water partition coefficient (Wildman–Crippen LogP) is 5.76. The lowest BCUT2D eigenvalue weighted by Gasteiger charge is -2.25. The highest BCUT2D eigenvalue weighted by Gasteiger charge is 2.22. The van der Waals surface area contributed by atoms with Crippen LogP contribution in [0.25, 0.3) is 0 Å². The molecule has 0 saturated heterocycles. The van der Waals surface area contributed by atoms with Crippen LogP contribution in [0, 0.1) is 17.6 Å². The fraction of sp³-hybridized carbons (Fsp3) is 0.600. The number of halogens is 3. The van der Waals surface area contributed by atoms with E-state index in [9.17, 15) is 8.78 Å². The zero-order valence-corrected chi connectivity index (χ0v) is 12.1. The second-order valence-corrected chi connectivity index (χ2v) is 6.17. The van der Waals surface area contributed by atoms with Gasteiger partial charge in [0.25, 0.3) is 0 Å². The van der Waals surface area contributed by atoms with Gasteiger partial charge in [0, 0.05) is 4.83 Å². The van der Waals surface area contributed by atoms with Crippen LogP contribution in [0.5, 0.6) is 0 Å². The molecule has 0 spiro atoms. The first-order valence-corrected chi connectivity index (χ1v) is 7.69. The number of hydrogen-bond acceptors (Lipinski definition) is 0. The standard InChI is InChI=1S/C15H19BrF2/c16-15(11-6-4-2-1-3-5-7-11)12-8-9-13(17)14(18)10-12/h8-11,15H,1-7H2. The highest BCUT2D eigenvalue weighted by atomic mass is 79.9. The monoisotopic (exact) mass is 316 g/mol. The van der Waals surface area contributed by atoms with Gasteiger partial charge in [-0.05, 0) is 36.5 Å². The Morgan fingerprint density at radius 1 is 0.944 bits per heavy atom. The third kappa shape index (κ3) is 3.53. The van der Waals surface area contributed by atoms with Gasteiger partial charge in [-0.2, -0.15) is 0 Å². The average Bonchev–Trinajstić information content (AvgIpc) is 2.31. The van der Waals surface area contributed by atoms with Crippen LogP contribution < -0.4 is 0 Å². The van der Waals surface area contributed by atoms with E-state index in [4.69, 9.17) is 0 Å². The first kappa shape index (κ1) is 14.0. The lowest BCUT2D eigenvalue weighted by Crippen LogP contribution is -2.10. The lowest BCUT2D eigenvalue weighted by molar-refractivity contribution is 0.373. The molecule has 0 heterocycles. The molecule has 1 unspecified atom stereocenters. The summed E-state index contributed by atoms with van der Waals surface area (Å²) in [4.78, 5) is 0.144. The van der Waals surface area contributed by atoms with Crippen LogP contribution in [-0.2, 0) is 0 Å². The molecule has 0 amide bonds. The molecule has 0 bridgehead atoms. The smallest absolute Gasteiger partial charge is 0.159 e. The van der Waals surface area contributed by atoms with Gasteiger partial charge in [-0.25, -0.2) is 8.78 Å². The van der Waals surface area contributed by atoms with Crippen molar-refractivity contribution in [1.29, 1.82) is 0 Å². The topological polar surface area (TPSA) is 0 Å². The van der Waals surface area contributed by atoms with Crippen molar-refractivity contribution < 1.29 is 8.78 Å². The molecular formula is C15H19BrF2. The minimum atomic E-state index is -0.767. The molecule has 1 saturated carbocycles. The Morgan fingerprint density at radius 2 is 1.56 bits per heavy atom. The Balaban J connectivity index is 2.08. The van der Waals surface area contributed by atoms with Gasteiger partial charge in [-0.3, -0.25) is 0 Å². The van der Waals surface area contributed by atoms with Crippen LogP contribution in [0.4, 0.5) is 8.78 Å². The van der Waals surface area contributed by atoms with E-state index in [2.05, 4.69) is 15.9 Å². The van der Waals surface area contributed by atoms with E-state index in [0.29, 0.717) is 5.92 Å². The van der Waals surface area contributed by atoms with Crippen molar-refractivity contribution in [2.24, 2.45) is 5.92 Å². The van der Waals surface area contributed by atoms with Crippen molar-refractivity contribution in [2.75, 3.05) is 0 Å². The summed E-state index contributed by atoms with van der Waals surface area (Å²) < 4.78 is 26.2. The van der Waals surface area contributed by atoms with Crippen LogP contribution in [0.15, 0.2) is 18.2 Å². The molecule has 1 aliphatic rings. The fourth-order valence-corrected chi connectivity index (χ4v) is 3.55. The molecule has 3 heteroatoms. The third-order valence-electron chi connectivity index (χ3n) is 3.83. The summed E-state index contributed by atoms with van der Waals surface area (Å²) in [5, 5.41) is 0. The Morgan fingerprint density at radius 3 is 2.17 bits per heavy atom. The van der Waals surface area contributed by atoms with Gasteiger partial charge in [0.05, 0.1) is 0 Å². The molecule has 0 radical (unpaired) electrons. The summed E-state index contributed by atoms with van der Waals surface area (Å²) in [6, 6.07) is 4.24. The van der Waals surface area contributed by atoms with E-state index in [1.54, 1.807) is 6.07 Å². The minimum absolute atomic E-state index is 0.144. The maximum atomic E-state index is 13.3. The number of alkyl halides is 1. The predicted molar refractivity (Wildman–Crippen MR) is 73.8 cm³/mol. The normalized spacial score (nSPS) is 20.2. The Hall–Kier alpha value is -0.440. The van der Waals surface area contributed by atoms with Gasteiger partial charge in [0.15, 0.2) is 11.6 Å². The van der Waals surface area contributed by atoms with Crippen LogP contribution in [0.3, 0.4) is 0 Å². The molecule has 0 nitrogen and oxygen atoms in total. The highest BCUT2D eigenvalue weighted by molar-refractivity contribution is 9.09. The third-order valence-corrected chi connectivity index (χ3v) is 5.10. The fourth-order valence-electron chi connectivity index (χ4n) is 2.74. The van der Waals surface area contributed by atoms with Gasteiger partial charge in [-0.1, -0.05) is 54.1 Å². The maximum absolute atomic E-state index is 13.3. The molecule has 18 heavy (non-hydrogen) atoms. The summed E-state index contributed by atoms with van der Waals surface area (Å²) in [5.41, 5.74) is 0.861. The quantitative estimate of drug-likeness (QED) is 0.608. The van der Waals surface area contributed by atoms with Crippen molar-refractivity contribution >= 4 is 15.9 Å². The molecule has 100 valence electrons.